The van der Waals surface area contributed by atoms with Gasteiger partial charge in [-0.3, -0.25) is 4.90 Å². The summed E-state index contributed by atoms with van der Waals surface area (Å²) in [5.41, 5.74) is 1.88. The van der Waals surface area contributed by atoms with Gasteiger partial charge >= 0.3 is 0 Å². The van der Waals surface area contributed by atoms with Crippen LogP contribution in [0.15, 0.2) is 34.9 Å². The maximum Gasteiger partial charge on any atom is 0.226 e. The highest BCUT2D eigenvalue weighted by atomic mass is 35.5. The van der Waals surface area contributed by atoms with Crippen LogP contribution in [0.1, 0.15) is 19.5 Å². The van der Waals surface area contributed by atoms with Crippen LogP contribution >= 0.6 is 11.6 Å². The number of benzene rings is 1. The van der Waals surface area contributed by atoms with Gasteiger partial charge in [-0.15, -0.1) is 0 Å². The Balaban J connectivity index is 1.69. The van der Waals surface area contributed by atoms with E-state index in [4.69, 9.17) is 20.8 Å². The van der Waals surface area contributed by atoms with E-state index in [1.54, 1.807) is 6.26 Å². The Bertz CT molecular complexity index is 587. The van der Waals surface area contributed by atoms with Gasteiger partial charge < -0.3 is 9.15 Å². The third-order valence-corrected chi connectivity index (χ3v) is 3.78. The highest BCUT2D eigenvalue weighted by molar-refractivity contribution is 6.30. The first-order chi connectivity index (χ1) is 10.1. The highest BCUT2D eigenvalue weighted by Gasteiger charge is 2.23. The second-order valence-corrected chi connectivity index (χ2v) is 6.04. The van der Waals surface area contributed by atoms with Crippen molar-refractivity contribution in [2.45, 2.75) is 32.6 Å². The van der Waals surface area contributed by atoms with Gasteiger partial charge in [-0.25, -0.2) is 4.98 Å². The average molecular weight is 307 g/mol. The lowest BCUT2D eigenvalue weighted by atomic mass is 10.2. The Morgan fingerprint density at radius 2 is 1.86 bits per heavy atom. The van der Waals surface area contributed by atoms with Gasteiger partial charge in [0, 0.05) is 30.2 Å². The highest BCUT2D eigenvalue weighted by Crippen LogP contribution is 2.22. The first-order valence-electron chi connectivity index (χ1n) is 7.18. The molecule has 4 nitrogen and oxygen atoms in total. The molecule has 0 amide bonds. The molecule has 3 rings (SSSR count). The van der Waals surface area contributed by atoms with Gasteiger partial charge in [-0.1, -0.05) is 11.6 Å². The van der Waals surface area contributed by atoms with Crippen molar-refractivity contribution in [1.29, 1.82) is 0 Å². The van der Waals surface area contributed by atoms with Gasteiger partial charge in [0.2, 0.25) is 5.89 Å². The molecule has 2 heterocycles. The quantitative estimate of drug-likeness (QED) is 0.868. The Morgan fingerprint density at radius 3 is 2.52 bits per heavy atom. The summed E-state index contributed by atoms with van der Waals surface area (Å²) < 4.78 is 11.3. The zero-order valence-corrected chi connectivity index (χ0v) is 13.0. The minimum Gasteiger partial charge on any atom is -0.444 e. The molecule has 0 aliphatic carbocycles. The molecule has 2 aromatic rings. The largest absolute Gasteiger partial charge is 0.444 e. The van der Waals surface area contributed by atoms with Crippen LogP contribution in [-0.4, -0.2) is 35.2 Å². The molecule has 1 aromatic heterocycles. The molecule has 5 heteroatoms. The summed E-state index contributed by atoms with van der Waals surface area (Å²) in [5.74, 6) is 0.635. The van der Waals surface area contributed by atoms with Crippen molar-refractivity contribution in [3.63, 3.8) is 0 Å². The van der Waals surface area contributed by atoms with Gasteiger partial charge in [0.25, 0.3) is 0 Å². The lowest BCUT2D eigenvalue weighted by Gasteiger charge is -2.34. The Labute approximate surface area is 129 Å². The number of oxazole rings is 1. The lowest BCUT2D eigenvalue weighted by Crippen LogP contribution is -2.44. The summed E-state index contributed by atoms with van der Waals surface area (Å²) in [7, 11) is 0. The number of rotatable bonds is 3. The first-order valence-corrected chi connectivity index (χ1v) is 7.56. The van der Waals surface area contributed by atoms with E-state index < -0.39 is 0 Å². The Morgan fingerprint density at radius 1 is 1.19 bits per heavy atom. The van der Waals surface area contributed by atoms with E-state index in [0.717, 1.165) is 30.9 Å². The van der Waals surface area contributed by atoms with Crippen molar-refractivity contribution in [2.24, 2.45) is 0 Å². The molecule has 112 valence electrons. The summed E-state index contributed by atoms with van der Waals surface area (Å²) in [6, 6.07) is 7.51. The van der Waals surface area contributed by atoms with Crippen molar-refractivity contribution < 1.29 is 9.15 Å². The van der Waals surface area contributed by atoms with Crippen LogP contribution in [0.25, 0.3) is 11.5 Å². The maximum atomic E-state index is 5.89. The number of hydrogen-bond acceptors (Lipinski definition) is 4. The fraction of sp³-hybridized carbons (Fsp3) is 0.438. The molecule has 0 unspecified atom stereocenters. The molecule has 1 aliphatic heterocycles. The zero-order valence-electron chi connectivity index (χ0n) is 12.3. The van der Waals surface area contributed by atoms with E-state index in [0.29, 0.717) is 10.9 Å². The van der Waals surface area contributed by atoms with E-state index >= 15 is 0 Å². The predicted octanol–water partition coefficient (Wildman–Crippen LogP) is 3.60. The third-order valence-electron chi connectivity index (χ3n) is 3.52. The SMILES string of the molecule is C[C@H]1CN(Cc2coc(-c3ccc(Cl)cc3)n2)C[C@H](C)O1. The van der Waals surface area contributed by atoms with Crippen LogP contribution in [-0.2, 0) is 11.3 Å². The summed E-state index contributed by atoms with van der Waals surface area (Å²) in [4.78, 5) is 6.91. The zero-order chi connectivity index (χ0) is 14.8. The van der Waals surface area contributed by atoms with Gasteiger partial charge in [0.1, 0.15) is 6.26 Å². The number of halogens is 1. The second-order valence-electron chi connectivity index (χ2n) is 5.60. The number of morpholine rings is 1. The van der Waals surface area contributed by atoms with Crippen LogP contribution in [0, 0.1) is 0 Å². The molecule has 1 fully saturated rings. The number of ether oxygens (including phenoxy) is 1. The summed E-state index contributed by atoms with van der Waals surface area (Å²) in [6.07, 6.45) is 2.25. The molecule has 1 aromatic carbocycles. The van der Waals surface area contributed by atoms with Crippen LogP contribution in [0.2, 0.25) is 5.02 Å². The van der Waals surface area contributed by atoms with E-state index in [-0.39, 0.29) is 12.2 Å². The standard InChI is InChI=1S/C16H19ClN2O2/c1-11-7-19(8-12(2)21-11)9-15-10-20-16(18-15)13-3-5-14(17)6-4-13/h3-6,10-12H,7-9H2,1-2H3/t11-,12-/m0/s1. The molecule has 21 heavy (non-hydrogen) atoms. The molecule has 0 saturated carbocycles. The number of nitrogens with zero attached hydrogens (tertiary/aromatic N) is 2. The minimum absolute atomic E-state index is 0.261. The molecule has 0 radical (unpaired) electrons. The number of aromatic nitrogens is 1. The molecule has 2 atom stereocenters. The molecule has 0 bridgehead atoms. The second kappa shape index (κ2) is 6.18. The van der Waals surface area contributed by atoms with Crippen LogP contribution < -0.4 is 0 Å². The lowest BCUT2D eigenvalue weighted by molar-refractivity contribution is -0.0707. The monoisotopic (exact) mass is 306 g/mol. The van der Waals surface area contributed by atoms with E-state index in [2.05, 4.69) is 23.7 Å². The van der Waals surface area contributed by atoms with Crippen molar-refractivity contribution >= 4 is 11.6 Å². The van der Waals surface area contributed by atoms with Gasteiger partial charge in [-0.2, -0.15) is 0 Å². The normalized spacial score (nSPS) is 23.4. The fourth-order valence-corrected chi connectivity index (χ4v) is 2.87. The van der Waals surface area contributed by atoms with E-state index in [1.807, 2.05) is 24.3 Å². The van der Waals surface area contributed by atoms with Crippen molar-refractivity contribution in [3.05, 3.63) is 41.2 Å². The van der Waals surface area contributed by atoms with Crippen molar-refractivity contribution in [1.82, 2.24) is 9.88 Å². The summed E-state index contributed by atoms with van der Waals surface area (Å²) >= 11 is 5.89. The third kappa shape index (κ3) is 3.64. The van der Waals surface area contributed by atoms with Crippen molar-refractivity contribution in [3.8, 4) is 11.5 Å². The predicted molar refractivity (Wildman–Crippen MR) is 82.2 cm³/mol. The smallest absolute Gasteiger partial charge is 0.226 e. The van der Waals surface area contributed by atoms with Gasteiger partial charge in [0.15, 0.2) is 0 Å². The molecular weight excluding hydrogens is 288 g/mol. The van der Waals surface area contributed by atoms with Gasteiger partial charge in [-0.05, 0) is 38.1 Å². The average Bonchev–Trinajstić information content (AvgIpc) is 2.87. The molecule has 0 N–H and O–H groups in total. The molecular formula is C16H19ClN2O2. The Kier molecular flexibility index (Phi) is 4.29. The maximum absolute atomic E-state index is 5.89. The molecule has 0 spiro atoms. The minimum atomic E-state index is 0.261. The van der Waals surface area contributed by atoms with Crippen LogP contribution in [0.5, 0.6) is 0 Å². The molecule has 1 aliphatic rings. The number of hydrogen-bond donors (Lipinski definition) is 0. The van der Waals surface area contributed by atoms with Crippen LogP contribution in [0.3, 0.4) is 0 Å². The van der Waals surface area contributed by atoms with E-state index in [9.17, 15) is 0 Å². The molecule has 1 saturated heterocycles. The first kappa shape index (κ1) is 14.6. The summed E-state index contributed by atoms with van der Waals surface area (Å²) in [5, 5.41) is 0.710. The topological polar surface area (TPSA) is 38.5 Å². The van der Waals surface area contributed by atoms with Crippen molar-refractivity contribution in [2.75, 3.05) is 13.1 Å². The summed E-state index contributed by atoms with van der Waals surface area (Å²) in [6.45, 7) is 6.84. The van der Waals surface area contributed by atoms with Crippen LogP contribution in [0.4, 0.5) is 0 Å². The van der Waals surface area contributed by atoms with E-state index in [1.165, 1.54) is 0 Å². The van der Waals surface area contributed by atoms with Gasteiger partial charge in [0.05, 0.1) is 17.9 Å². The Hall–Kier alpha value is -1.36. The fourth-order valence-electron chi connectivity index (χ4n) is 2.75.